The number of piperidine rings is 1. The van der Waals surface area contributed by atoms with E-state index in [1.54, 1.807) is 35.9 Å². The highest BCUT2D eigenvalue weighted by atomic mass is 19.1. The molecule has 2 unspecified atom stereocenters. The van der Waals surface area contributed by atoms with Crippen LogP contribution in [0.3, 0.4) is 0 Å². The molecule has 0 radical (unpaired) electrons. The third-order valence-electron chi connectivity index (χ3n) is 16.7. The number of likely N-dealkylation sites (N-methyl/N-ethyl adjacent to an activating group) is 1. The Morgan fingerprint density at radius 3 is 2.36 bits per heavy atom. The van der Waals surface area contributed by atoms with Gasteiger partial charge >= 0.3 is 6.01 Å². The number of halogens is 2. The second kappa shape index (κ2) is 21.9. The lowest BCUT2D eigenvalue weighted by atomic mass is 9.95. The first-order valence-corrected chi connectivity index (χ1v) is 27.3. The van der Waals surface area contributed by atoms with Gasteiger partial charge in [-0.15, -0.1) is 10.2 Å². The average Bonchev–Trinajstić information content (AvgIpc) is 4.14. The van der Waals surface area contributed by atoms with Gasteiger partial charge in [0.15, 0.2) is 11.6 Å². The first-order chi connectivity index (χ1) is 36.8. The average molecular weight is 1040 g/mol. The molecule has 11 rings (SSSR count). The number of carbonyl (C=O) groups excluding carboxylic acids is 1. The number of carbonyl (C=O) groups is 1. The number of phenolic OH excluding ortho intramolecular Hbond substituents is 2. The smallest absolute Gasteiger partial charge is 0.319 e. The summed E-state index contributed by atoms with van der Waals surface area (Å²) in [5.41, 5.74) is 3.83. The van der Waals surface area contributed by atoms with Gasteiger partial charge in [-0.05, 0) is 119 Å². The minimum Gasteiger partial charge on any atom is -0.508 e. The van der Waals surface area contributed by atoms with E-state index in [0.717, 1.165) is 104 Å². The van der Waals surface area contributed by atoms with Crippen LogP contribution >= 0.6 is 0 Å². The summed E-state index contributed by atoms with van der Waals surface area (Å²) >= 11 is 0. The number of amides is 1. The van der Waals surface area contributed by atoms with E-state index < -0.39 is 11.6 Å². The molecule has 76 heavy (non-hydrogen) atoms. The molecule has 17 nitrogen and oxygen atoms in total. The largest absolute Gasteiger partial charge is 0.508 e. The fourth-order valence-electron chi connectivity index (χ4n) is 12.4. The predicted octanol–water partition coefficient (Wildman–Crippen LogP) is 6.73. The number of rotatable bonds is 15. The van der Waals surface area contributed by atoms with Crippen LogP contribution in [0.5, 0.6) is 17.5 Å². The SMILES string of the molecule is CCNC(=O)c1nnc(-c2cc(C(C)C)c(O)cc2O)n1-c1ccc(CN2CCC(CN3CCN([C@H]4C[C@@H](COc5nc(N6CC7CCC(C6)N7)c6cnc(-c7cccc(F)c7C)c(F)c6n5)N(C)C4)CC3)CC2)cc1. The first kappa shape index (κ1) is 51.7. The zero-order chi connectivity index (χ0) is 52.8. The maximum Gasteiger partial charge on any atom is 0.319 e. The molecule has 5 saturated heterocycles. The normalized spacial score (nSPS) is 22.1. The number of anilines is 1. The fraction of sp³-hybridized carbons (Fsp3) is 0.509. The van der Waals surface area contributed by atoms with Gasteiger partial charge in [0.25, 0.3) is 5.91 Å². The molecule has 0 spiro atoms. The number of aromatic nitrogens is 6. The Morgan fingerprint density at radius 1 is 0.882 bits per heavy atom. The molecule has 4 atom stereocenters. The van der Waals surface area contributed by atoms with Crippen molar-refractivity contribution >= 4 is 22.6 Å². The van der Waals surface area contributed by atoms with Crippen molar-refractivity contribution in [1.29, 1.82) is 0 Å². The van der Waals surface area contributed by atoms with Gasteiger partial charge < -0.3 is 35.4 Å². The van der Waals surface area contributed by atoms with Gasteiger partial charge in [-0.2, -0.15) is 9.97 Å². The number of nitrogens with one attached hydrogen (secondary N) is 2. The molecule has 5 aliphatic rings. The molecule has 0 saturated carbocycles. The van der Waals surface area contributed by atoms with E-state index in [-0.39, 0.29) is 52.4 Å². The van der Waals surface area contributed by atoms with Crippen LogP contribution in [-0.2, 0) is 6.54 Å². The molecular formula is C57H71F2N13O4. The van der Waals surface area contributed by atoms with Crippen LogP contribution in [-0.4, -0.2) is 175 Å². The highest BCUT2D eigenvalue weighted by Gasteiger charge is 2.37. The molecular weight excluding hydrogens is 969 g/mol. The van der Waals surface area contributed by atoms with Crippen molar-refractivity contribution in [3.63, 3.8) is 0 Å². The molecule has 8 heterocycles. The van der Waals surface area contributed by atoms with Crippen molar-refractivity contribution in [2.24, 2.45) is 5.92 Å². The van der Waals surface area contributed by atoms with E-state index in [1.807, 2.05) is 32.9 Å². The van der Waals surface area contributed by atoms with Crippen LogP contribution in [0.2, 0.25) is 0 Å². The lowest BCUT2D eigenvalue weighted by molar-refractivity contribution is 0.0740. The summed E-state index contributed by atoms with van der Waals surface area (Å²) in [4.78, 5) is 39.8. The molecule has 5 fully saturated rings. The summed E-state index contributed by atoms with van der Waals surface area (Å²) in [5, 5.41) is 37.1. The quantitative estimate of drug-likeness (QED) is 0.0851. The molecule has 1 amide bonds. The Bertz CT molecular complexity index is 3060. The zero-order valence-electron chi connectivity index (χ0n) is 44.4. The van der Waals surface area contributed by atoms with Gasteiger partial charge in [-0.1, -0.05) is 38.1 Å². The van der Waals surface area contributed by atoms with E-state index in [4.69, 9.17) is 14.7 Å². The number of aromatic hydroxyl groups is 2. The predicted molar refractivity (Wildman–Crippen MR) is 288 cm³/mol. The summed E-state index contributed by atoms with van der Waals surface area (Å²) in [6.07, 6.45) is 7.07. The van der Waals surface area contributed by atoms with E-state index in [1.165, 1.54) is 17.7 Å². The number of ether oxygens (including phenoxy) is 1. The monoisotopic (exact) mass is 1040 g/mol. The van der Waals surface area contributed by atoms with Gasteiger partial charge in [0.2, 0.25) is 5.82 Å². The first-order valence-electron chi connectivity index (χ1n) is 27.3. The third kappa shape index (κ3) is 10.6. The Labute approximate surface area is 443 Å². The molecule has 3 aromatic carbocycles. The molecule has 4 N–H and O–H groups in total. The van der Waals surface area contributed by atoms with Crippen LogP contribution in [0.25, 0.3) is 39.2 Å². The summed E-state index contributed by atoms with van der Waals surface area (Å²) < 4.78 is 39.4. The highest BCUT2D eigenvalue weighted by molar-refractivity contribution is 5.93. The molecule has 2 bridgehead atoms. The van der Waals surface area contributed by atoms with Crippen LogP contribution in [0, 0.1) is 24.5 Å². The van der Waals surface area contributed by atoms with Gasteiger partial charge in [0, 0.05) is 113 Å². The van der Waals surface area contributed by atoms with Crippen molar-refractivity contribution in [2.45, 2.75) is 96.4 Å². The summed E-state index contributed by atoms with van der Waals surface area (Å²) in [5.74, 6) is 0.166. The van der Waals surface area contributed by atoms with Crippen molar-refractivity contribution in [2.75, 3.05) is 90.5 Å². The minimum atomic E-state index is -0.604. The van der Waals surface area contributed by atoms with Gasteiger partial charge in [0.05, 0.1) is 10.9 Å². The molecule has 6 aromatic rings. The van der Waals surface area contributed by atoms with E-state index in [0.29, 0.717) is 82.2 Å². The lowest BCUT2D eigenvalue weighted by Gasteiger charge is -2.40. The molecule has 5 aliphatic heterocycles. The topological polar surface area (TPSA) is 176 Å². The zero-order valence-corrected chi connectivity index (χ0v) is 44.4. The van der Waals surface area contributed by atoms with Gasteiger partial charge in [0.1, 0.15) is 41.0 Å². The highest BCUT2D eigenvalue weighted by Crippen LogP contribution is 2.39. The van der Waals surface area contributed by atoms with Gasteiger partial charge in [-0.3, -0.25) is 29.0 Å². The molecule has 402 valence electrons. The van der Waals surface area contributed by atoms with Crippen LogP contribution < -0.4 is 20.3 Å². The second-order valence-corrected chi connectivity index (χ2v) is 22.1. The van der Waals surface area contributed by atoms with E-state index in [9.17, 15) is 19.4 Å². The lowest BCUT2D eigenvalue weighted by Crippen LogP contribution is -2.52. The maximum atomic E-state index is 16.6. The molecule has 19 heteroatoms. The number of phenols is 2. The summed E-state index contributed by atoms with van der Waals surface area (Å²) in [6, 6.07) is 17.2. The standard InChI is InChI=1S/C57H71F2N13O4/c1-6-60-56(75)55-66-65-54(45-25-44(34(2)3)48(73)26-49(45)74)72(55)40-14-10-36(11-15-40)28-68-18-16-37(17-19-68)29-69-20-22-70(23-21-69)41-24-42(67(5)32-41)33-76-57-63-52-46(53(64-57)71-30-38-12-13-39(31-71)62-38)27-61-51(50(52)59)43-8-7-9-47(58)35(43)4/h7-11,14-15,25-27,34,37-39,41-42,62,73-74H,6,12-13,16-24,28-33H2,1-5H3,(H,60,75)/t38?,39?,41-,42-/m0/s1. The van der Waals surface area contributed by atoms with Crippen molar-refractivity contribution in [3.8, 4) is 45.8 Å². The summed E-state index contributed by atoms with van der Waals surface area (Å²) in [6.45, 7) is 18.8. The van der Waals surface area contributed by atoms with Crippen LogP contribution in [0.1, 0.15) is 86.1 Å². The van der Waals surface area contributed by atoms with Crippen molar-refractivity contribution in [1.82, 2.24) is 59.9 Å². The Morgan fingerprint density at radius 2 is 1.63 bits per heavy atom. The minimum absolute atomic E-state index is 0.00220. The summed E-state index contributed by atoms with van der Waals surface area (Å²) in [7, 11) is 2.16. The molecule has 0 aliphatic carbocycles. The van der Waals surface area contributed by atoms with Crippen molar-refractivity contribution < 1.29 is 28.5 Å². The number of likely N-dealkylation sites (tertiary alicyclic amines) is 2. The van der Waals surface area contributed by atoms with E-state index >= 15 is 4.39 Å². The third-order valence-corrected chi connectivity index (χ3v) is 16.7. The fourth-order valence-corrected chi connectivity index (χ4v) is 12.4. The number of nitrogens with zero attached hydrogens (tertiary/aromatic N) is 11. The number of pyridine rings is 1. The number of hydrogen-bond donors (Lipinski definition) is 4. The van der Waals surface area contributed by atoms with Crippen LogP contribution in [0.15, 0.2) is 60.8 Å². The number of hydrogen-bond acceptors (Lipinski definition) is 15. The van der Waals surface area contributed by atoms with Crippen molar-refractivity contribution in [3.05, 3.63) is 94.9 Å². The van der Waals surface area contributed by atoms with Crippen LogP contribution in [0.4, 0.5) is 14.6 Å². The maximum absolute atomic E-state index is 16.6. The Kier molecular flexibility index (Phi) is 14.9. The Hall–Kier alpha value is -6.38. The van der Waals surface area contributed by atoms with E-state index in [2.05, 4.69) is 69.5 Å². The second-order valence-electron chi connectivity index (χ2n) is 22.1. The number of fused-ring (bicyclic) bond motifs is 3. The van der Waals surface area contributed by atoms with Gasteiger partial charge in [-0.25, -0.2) is 8.78 Å². The number of piperazine rings is 2. The Balaban J connectivity index is 0.675. The number of benzene rings is 3. The molecule has 3 aromatic heterocycles.